The van der Waals surface area contributed by atoms with Crippen LogP contribution in [0.2, 0.25) is 0 Å². The first-order valence-corrected chi connectivity index (χ1v) is 6.05. The third-order valence-electron chi connectivity index (χ3n) is 3.10. The van der Waals surface area contributed by atoms with Gasteiger partial charge in [0.1, 0.15) is 12.1 Å². The van der Waals surface area contributed by atoms with E-state index in [1.165, 1.54) is 0 Å². The van der Waals surface area contributed by atoms with Crippen molar-refractivity contribution in [2.75, 3.05) is 0 Å². The van der Waals surface area contributed by atoms with E-state index >= 15 is 0 Å². The highest BCUT2D eigenvalue weighted by Gasteiger charge is 2.40. The molecule has 4 nitrogen and oxygen atoms in total. The van der Waals surface area contributed by atoms with Gasteiger partial charge in [0.15, 0.2) is 0 Å². The van der Waals surface area contributed by atoms with Crippen LogP contribution in [-0.4, -0.2) is 17.9 Å². The lowest BCUT2D eigenvalue weighted by molar-refractivity contribution is -0.139. The summed E-state index contributed by atoms with van der Waals surface area (Å²) >= 11 is 0. The fourth-order valence-electron chi connectivity index (χ4n) is 2.07. The Morgan fingerprint density at radius 3 is 2.11 bits per heavy atom. The second kappa shape index (κ2) is 4.44. The van der Waals surface area contributed by atoms with Crippen LogP contribution in [-0.2, 0) is 9.59 Å². The van der Waals surface area contributed by atoms with Gasteiger partial charge < -0.3 is 10.6 Å². The molecular weight excluding hydrogens is 228 g/mol. The van der Waals surface area contributed by atoms with Crippen LogP contribution in [0.15, 0.2) is 30.3 Å². The van der Waals surface area contributed by atoms with Gasteiger partial charge in [-0.3, -0.25) is 9.59 Å². The minimum atomic E-state index is -0.586. The average molecular weight is 246 g/mol. The van der Waals surface area contributed by atoms with Gasteiger partial charge in [0, 0.05) is 0 Å². The molecule has 0 aromatic heterocycles. The molecule has 1 fully saturated rings. The van der Waals surface area contributed by atoms with Gasteiger partial charge in [-0.1, -0.05) is 51.1 Å². The van der Waals surface area contributed by atoms with Crippen molar-refractivity contribution in [1.29, 1.82) is 0 Å². The van der Waals surface area contributed by atoms with Crippen molar-refractivity contribution in [3.63, 3.8) is 0 Å². The molecule has 0 aliphatic carbocycles. The van der Waals surface area contributed by atoms with Crippen LogP contribution in [0.4, 0.5) is 0 Å². The van der Waals surface area contributed by atoms with Crippen LogP contribution in [0.1, 0.15) is 32.4 Å². The molecule has 0 radical (unpaired) electrons. The number of hydrogen-bond donors (Lipinski definition) is 2. The van der Waals surface area contributed by atoms with Gasteiger partial charge in [0.05, 0.1) is 0 Å². The van der Waals surface area contributed by atoms with E-state index in [-0.39, 0.29) is 17.2 Å². The highest BCUT2D eigenvalue weighted by Crippen LogP contribution is 2.25. The number of carbonyl (C=O) groups excluding carboxylic acids is 2. The predicted molar refractivity (Wildman–Crippen MR) is 68.7 cm³/mol. The molecular formula is C14H18N2O2. The van der Waals surface area contributed by atoms with E-state index in [9.17, 15) is 9.59 Å². The Hall–Kier alpha value is -1.84. The Bertz CT molecular complexity index is 462. The first-order valence-electron chi connectivity index (χ1n) is 6.05. The van der Waals surface area contributed by atoms with Crippen molar-refractivity contribution in [3.8, 4) is 0 Å². The molecule has 2 N–H and O–H groups in total. The molecule has 96 valence electrons. The summed E-state index contributed by atoms with van der Waals surface area (Å²) < 4.78 is 0. The van der Waals surface area contributed by atoms with Gasteiger partial charge in [0.2, 0.25) is 11.8 Å². The molecule has 2 amide bonds. The first kappa shape index (κ1) is 12.6. The molecule has 0 saturated carbocycles. The maximum Gasteiger partial charge on any atom is 0.247 e. The fraction of sp³-hybridized carbons (Fsp3) is 0.429. The summed E-state index contributed by atoms with van der Waals surface area (Å²) in [7, 11) is 0. The third-order valence-corrected chi connectivity index (χ3v) is 3.10. The summed E-state index contributed by atoms with van der Waals surface area (Å²) in [5.74, 6) is -0.281. The van der Waals surface area contributed by atoms with Crippen molar-refractivity contribution in [3.05, 3.63) is 35.9 Å². The second-order valence-electron chi connectivity index (χ2n) is 5.66. The Labute approximate surface area is 107 Å². The van der Waals surface area contributed by atoms with Gasteiger partial charge in [-0.15, -0.1) is 0 Å². The van der Waals surface area contributed by atoms with E-state index in [0.29, 0.717) is 0 Å². The summed E-state index contributed by atoms with van der Waals surface area (Å²) in [6.07, 6.45) is 0. The largest absolute Gasteiger partial charge is 0.342 e. The van der Waals surface area contributed by atoms with Gasteiger partial charge >= 0.3 is 0 Å². The van der Waals surface area contributed by atoms with Crippen LogP contribution < -0.4 is 10.6 Å². The average Bonchev–Trinajstić information content (AvgIpc) is 2.31. The van der Waals surface area contributed by atoms with Crippen LogP contribution >= 0.6 is 0 Å². The summed E-state index contributed by atoms with van der Waals surface area (Å²) in [6, 6.07) is 8.19. The van der Waals surface area contributed by atoms with Gasteiger partial charge in [-0.05, 0) is 11.0 Å². The van der Waals surface area contributed by atoms with Crippen molar-refractivity contribution >= 4 is 11.8 Å². The minimum absolute atomic E-state index is 0.129. The number of rotatable bonds is 1. The Morgan fingerprint density at radius 1 is 0.944 bits per heavy atom. The van der Waals surface area contributed by atoms with Crippen molar-refractivity contribution in [2.24, 2.45) is 5.41 Å². The Kier molecular flexibility index (Phi) is 3.11. The Morgan fingerprint density at radius 2 is 1.56 bits per heavy atom. The lowest BCUT2D eigenvalue weighted by Gasteiger charge is -2.36. The van der Waals surface area contributed by atoms with E-state index in [4.69, 9.17) is 0 Å². The SMILES string of the molecule is CC(C)(C)[C@@H]1NC(=O)[C@H](c2ccccc2)NC1=O. The lowest BCUT2D eigenvalue weighted by Crippen LogP contribution is -2.61. The number of amides is 2. The molecule has 18 heavy (non-hydrogen) atoms. The number of nitrogens with one attached hydrogen (secondary N) is 2. The monoisotopic (exact) mass is 246 g/mol. The van der Waals surface area contributed by atoms with Crippen molar-refractivity contribution < 1.29 is 9.59 Å². The Balaban J connectivity index is 2.21. The zero-order chi connectivity index (χ0) is 13.3. The summed E-state index contributed by atoms with van der Waals surface area (Å²) in [6.45, 7) is 5.79. The van der Waals surface area contributed by atoms with Crippen LogP contribution in [0.25, 0.3) is 0 Å². The maximum absolute atomic E-state index is 12.1. The lowest BCUT2D eigenvalue weighted by atomic mass is 9.84. The molecule has 0 unspecified atom stereocenters. The zero-order valence-corrected chi connectivity index (χ0v) is 10.9. The molecule has 1 heterocycles. The summed E-state index contributed by atoms with van der Waals surface area (Å²) in [5.41, 5.74) is 0.511. The van der Waals surface area contributed by atoms with E-state index < -0.39 is 12.1 Å². The van der Waals surface area contributed by atoms with Crippen molar-refractivity contribution in [1.82, 2.24) is 10.6 Å². The quantitative estimate of drug-likeness (QED) is 0.786. The third kappa shape index (κ3) is 2.37. The zero-order valence-electron chi connectivity index (χ0n) is 10.9. The number of hydrogen-bond acceptors (Lipinski definition) is 2. The maximum atomic E-state index is 12.1. The molecule has 1 saturated heterocycles. The molecule has 1 aliphatic rings. The first-order chi connectivity index (χ1) is 8.39. The van der Waals surface area contributed by atoms with E-state index in [1.807, 2.05) is 51.1 Å². The molecule has 0 bridgehead atoms. The van der Waals surface area contributed by atoms with Crippen LogP contribution in [0.5, 0.6) is 0 Å². The number of carbonyl (C=O) groups is 2. The number of piperazine rings is 1. The highest BCUT2D eigenvalue weighted by atomic mass is 16.2. The molecule has 4 heteroatoms. The van der Waals surface area contributed by atoms with Crippen molar-refractivity contribution in [2.45, 2.75) is 32.9 Å². The molecule has 1 aliphatic heterocycles. The van der Waals surface area contributed by atoms with Crippen LogP contribution in [0, 0.1) is 5.41 Å². The smallest absolute Gasteiger partial charge is 0.247 e. The highest BCUT2D eigenvalue weighted by molar-refractivity contribution is 5.97. The van der Waals surface area contributed by atoms with E-state index in [0.717, 1.165) is 5.56 Å². The molecule has 2 rings (SSSR count). The van der Waals surface area contributed by atoms with Crippen LogP contribution in [0.3, 0.4) is 0 Å². The normalized spacial score (nSPS) is 24.4. The fourth-order valence-corrected chi connectivity index (χ4v) is 2.07. The van der Waals surface area contributed by atoms with Gasteiger partial charge in [-0.2, -0.15) is 0 Å². The predicted octanol–water partition coefficient (Wildman–Crippen LogP) is 1.39. The topological polar surface area (TPSA) is 58.2 Å². The minimum Gasteiger partial charge on any atom is -0.342 e. The summed E-state index contributed by atoms with van der Waals surface area (Å²) in [5, 5.41) is 5.59. The van der Waals surface area contributed by atoms with Gasteiger partial charge in [0.25, 0.3) is 0 Å². The molecule has 2 atom stereocenters. The molecule has 0 spiro atoms. The number of benzene rings is 1. The second-order valence-corrected chi connectivity index (χ2v) is 5.66. The van der Waals surface area contributed by atoms with E-state index in [2.05, 4.69) is 10.6 Å². The molecule has 1 aromatic carbocycles. The standard InChI is InChI=1S/C14H18N2O2/c1-14(2,3)11-13(18)15-10(12(17)16-11)9-7-5-4-6-8-9/h4-8,10-11H,1-3H3,(H,15,18)(H,16,17)/t10-,11+/m0/s1. The van der Waals surface area contributed by atoms with E-state index in [1.54, 1.807) is 0 Å². The summed E-state index contributed by atoms with van der Waals surface area (Å²) in [4.78, 5) is 24.1. The molecule has 1 aromatic rings. The van der Waals surface area contributed by atoms with Gasteiger partial charge in [-0.25, -0.2) is 0 Å².